The molecule has 0 spiro atoms. The van der Waals surface area contributed by atoms with E-state index in [2.05, 4.69) is 28.5 Å². The second-order valence-electron chi connectivity index (χ2n) is 13.3. The molecule has 0 bridgehead atoms. The lowest BCUT2D eigenvalue weighted by Crippen LogP contribution is -2.54. The number of alkyl halides is 6. The van der Waals surface area contributed by atoms with Gasteiger partial charge in [0, 0.05) is 36.3 Å². The molecule has 0 saturated heterocycles. The number of hydrogen-bond acceptors (Lipinski definition) is 8. The fourth-order valence-corrected chi connectivity index (χ4v) is 4.56. The van der Waals surface area contributed by atoms with Gasteiger partial charge in [-0.15, -0.1) is 12.8 Å². The quantitative estimate of drug-likeness (QED) is 0.139. The molecule has 12 nitrogen and oxygen atoms in total. The number of anilines is 1. The smallest absolute Gasteiger partial charge is 0.408 e. The van der Waals surface area contributed by atoms with Gasteiger partial charge in [0.2, 0.25) is 18.0 Å². The van der Waals surface area contributed by atoms with E-state index in [4.69, 9.17) is 15.2 Å². The number of esters is 1. The highest BCUT2D eigenvalue weighted by molar-refractivity contribution is 6.20. The molecule has 55 heavy (non-hydrogen) atoms. The zero-order chi connectivity index (χ0) is 42.4. The van der Waals surface area contributed by atoms with Crippen molar-refractivity contribution in [2.75, 3.05) is 11.6 Å². The van der Waals surface area contributed by atoms with Crippen LogP contribution in [0, 0.1) is 18.8 Å². The highest BCUT2D eigenvalue weighted by Crippen LogP contribution is 2.30. The van der Waals surface area contributed by atoms with Crippen LogP contribution < -0.4 is 21.3 Å². The number of nitrogens with two attached hydrogens (primary N) is 1. The molecule has 3 rings (SSSR count). The minimum absolute atomic E-state index is 0.244. The van der Waals surface area contributed by atoms with Crippen LogP contribution in [-0.4, -0.2) is 71.9 Å². The number of alkyl carbamates (subject to hydrolysis) is 1. The number of halogens is 6. The summed E-state index contributed by atoms with van der Waals surface area (Å²) in [5.41, 5.74) is 4.22. The number of aliphatic imine (C=N–C) groups is 1. The van der Waals surface area contributed by atoms with Gasteiger partial charge in [-0.1, -0.05) is 55.5 Å². The maximum Gasteiger partial charge on any atom is 0.408 e. The Balaban J connectivity index is 0.00000172. The standard InChI is InChI=1S/C32H38F3N5O7.C3H5F3.C2H2/c1-30(2,3)47-29(45)39-31(4,5)28(44)46-18-40-22-14-10-9-13-21(22)24(19-11-7-6-8-12-19)37-25(27(40)43)38-26(42)20(17-23(36)41)15-16-32(33,34)35;1-2-3(4,5)6;1-2/h6-14,20,25H,15-18H2,1-5H3,(H2,36,41)(H,38,42)(H,39,45);2H2,1H3;1-2H/t20-,25-;;/m1../s1. The van der Waals surface area contributed by atoms with Crippen molar-refractivity contribution in [3.05, 3.63) is 65.7 Å². The Morgan fingerprint density at radius 1 is 0.909 bits per heavy atom. The van der Waals surface area contributed by atoms with Crippen LogP contribution in [-0.2, 0) is 28.7 Å². The lowest BCUT2D eigenvalue weighted by atomic mass is 9.97. The first-order valence-electron chi connectivity index (χ1n) is 16.6. The Morgan fingerprint density at radius 3 is 1.96 bits per heavy atom. The molecule has 1 heterocycles. The van der Waals surface area contributed by atoms with Crippen molar-refractivity contribution in [1.82, 2.24) is 10.6 Å². The number of amides is 4. The number of primary amides is 1. The van der Waals surface area contributed by atoms with E-state index in [0.717, 1.165) is 11.8 Å². The number of hydrogen-bond donors (Lipinski definition) is 3. The average Bonchev–Trinajstić information content (AvgIpc) is 3.19. The van der Waals surface area contributed by atoms with Gasteiger partial charge in [0.1, 0.15) is 11.1 Å². The second-order valence-corrected chi connectivity index (χ2v) is 13.3. The van der Waals surface area contributed by atoms with Crippen molar-refractivity contribution in [3.63, 3.8) is 0 Å². The summed E-state index contributed by atoms with van der Waals surface area (Å²) in [5.74, 6) is -5.38. The normalized spacial score (nSPS) is 14.9. The zero-order valence-electron chi connectivity index (χ0n) is 31.1. The number of rotatable bonds is 11. The van der Waals surface area contributed by atoms with E-state index in [0.29, 0.717) is 11.1 Å². The minimum atomic E-state index is -4.61. The Morgan fingerprint density at radius 2 is 1.45 bits per heavy atom. The van der Waals surface area contributed by atoms with E-state index in [1.807, 2.05) is 0 Å². The summed E-state index contributed by atoms with van der Waals surface area (Å²) < 4.78 is 82.1. The molecule has 302 valence electrons. The van der Waals surface area contributed by atoms with Crippen molar-refractivity contribution in [2.24, 2.45) is 16.6 Å². The van der Waals surface area contributed by atoms with Gasteiger partial charge in [0.05, 0.1) is 11.4 Å². The summed E-state index contributed by atoms with van der Waals surface area (Å²) in [6, 6.07) is 15.1. The molecule has 0 radical (unpaired) electrons. The third kappa shape index (κ3) is 16.5. The van der Waals surface area contributed by atoms with Gasteiger partial charge in [-0.2, -0.15) is 26.3 Å². The number of terminal acetylenes is 1. The van der Waals surface area contributed by atoms with Gasteiger partial charge in [-0.05, 0) is 47.1 Å². The largest absolute Gasteiger partial charge is 0.444 e. The number of nitrogens with one attached hydrogen (secondary N) is 2. The first kappa shape index (κ1) is 47.4. The summed E-state index contributed by atoms with van der Waals surface area (Å²) in [7, 11) is 0. The Hall–Kier alpha value is -5.60. The summed E-state index contributed by atoms with van der Waals surface area (Å²) in [6.07, 6.45) is -6.70. The second kappa shape index (κ2) is 20.2. The fourth-order valence-electron chi connectivity index (χ4n) is 4.56. The van der Waals surface area contributed by atoms with Crippen LogP contribution in [0.2, 0.25) is 0 Å². The molecule has 0 fully saturated rings. The molecule has 1 aliphatic heterocycles. The number of nitrogens with zero attached hydrogens (tertiary/aromatic N) is 2. The topological polar surface area (TPSA) is 169 Å². The third-order valence-electron chi connectivity index (χ3n) is 7.18. The molecule has 1 aliphatic rings. The van der Waals surface area contributed by atoms with Crippen LogP contribution in [0.1, 0.15) is 78.4 Å². The molecule has 4 N–H and O–H groups in total. The molecule has 0 aromatic heterocycles. The summed E-state index contributed by atoms with van der Waals surface area (Å²) in [4.78, 5) is 70.0. The van der Waals surface area contributed by atoms with E-state index >= 15 is 0 Å². The van der Waals surface area contributed by atoms with E-state index in [9.17, 15) is 50.3 Å². The number of ether oxygens (including phenoxy) is 2. The molecule has 2 aromatic carbocycles. The van der Waals surface area contributed by atoms with Crippen LogP contribution in [0.5, 0.6) is 0 Å². The lowest BCUT2D eigenvalue weighted by Gasteiger charge is -2.29. The molecule has 0 saturated carbocycles. The maximum atomic E-state index is 14.0. The number of fused-ring (bicyclic) bond motifs is 1. The van der Waals surface area contributed by atoms with Crippen LogP contribution in [0.4, 0.5) is 36.8 Å². The zero-order valence-corrected chi connectivity index (χ0v) is 31.1. The number of benzene rings is 2. The monoisotopic (exact) mass is 785 g/mol. The summed E-state index contributed by atoms with van der Waals surface area (Å²) >= 11 is 0. The van der Waals surface area contributed by atoms with Gasteiger partial charge in [-0.3, -0.25) is 19.3 Å². The predicted octanol–water partition coefficient (Wildman–Crippen LogP) is 6.16. The number of para-hydroxylation sites is 1. The van der Waals surface area contributed by atoms with Gasteiger partial charge < -0.3 is 25.8 Å². The lowest BCUT2D eigenvalue weighted by molar-refractivity contribution is -0.151. The first-order chi connectivity index (χ1) is 25.3. The van der Waals surface area contributed by atoms with Crippen molar-refractivity contribution in [1.29, 1.82) is 0 Å². The third-order valence-corrected chi connectivity index (χ3v) is 7.18. The number of carbonyl (C=O) groups is 5. The Bertz CT molecular complexity index is 1690. The summed E-state index contributed by atoms with van der Waals surface area (Å²) in [5, 5.41) is 4.79. The van der Waals surface area contributed by atoms with Crippen LogP contribution in [0.3, 0.4) is 0 Å². The highest BCUT2D eigenvalue weighted by atomic mass is 19.4. The molecule has 0 unspecified atom stereocenters. The Labute approximate surface area is 315 Å². The predicted molar refractivity (Wildman–Crippen MR) is 191 cm³/mol. The van der Waals surface area contributed by atoms with Crippen molar-refractivity contribution < 1.29 is 59.8 Å². The van der Waals surface area contributed by atoms with Crippen LogP contribution in [0.25, 0.3) is 0 Å². The van der Waals surface area contributed by atoms with E-state index < -0.39 is 97.8 Å². The fraction of sp³-hybridized carbons (Fsp3) is 0.459. The molecule has 18 heteroatoms. The highest BCUT2D eigenvalue weighted by Gasteiger charge is 2.38. The van der Waals surface area contributed by atoms with E-state index in [-0.39, 0.29) is 11.4 Å². The van der Waals surface area contributed by atoms with Crippen molar-refractivity contribution in [3.8, 4) is 12.8 Å². The van der Waals surface area contributed by atoms with E-state index in [1.165, 1.54) is 13.8 Å². The van der Waals surface area contributed by atoms with Crippen LogP contribution >= 0.6 is 0 Å². The van der Waals surface area contributed by atoms with Crippen LogP contribution in [0.15, 0.2) is 59.6 Å². The van der Waals surface area contributed by atoms with Gasteiger partial charge in [-0.25, -0.2) is 14.6 Å². The SMILES string of the molecule is C#C.CC(C)(C)OC(=O)NC(C)(C)C(=O)OCN1C(=O)[C@@H](NC(=O)[C@H](CCC(F)(F)F)CC(N)=O)N=C(c2ccccc2)c2ccccc21.CCC(F)(F)F. The van der Waals surface area contributed by atoms with E-state index in [1.54, 1.807) is 75.4 Å². The van der Waals surface area contributed by atoms with Gasteiger partial charge in [0.15, 0.2) is 6.73 Å². The van der Waals surface area contributed by atoms with Crippen molar-refractivity contribution >= 4 is 41.2 Å². The minimum Gasteiger partial charge on any atom is -0.444 e. The van der Waals surface area contributed by atoms with Crippen molar-refractivity contribution in [2.45, 2.75) is 96.9 Å². The first-order valence-corrected chi connectivity index (χ1v) is 16.6. The average molecular weight is 786 g/mol. The molecular weight excluding hydrogens is 740 g/mol. The van der Waals surface area contributed by atoms with Gasteiger partial charge >= 0.3 is 24.4 Å². The Kier molecular flexibility index (Phi) is 17.4. The maximum absolute atomic E-state index is 14.0. The molecular formula is C37H45F6N5O7. The number of benzodiazepines with no additional fused rings is 1. The molecule has 2 atom stereocenters. The molecule has 4 amide bonds. The van der Waals surface area contributed by atoms with Gasteiger partial charge in [0.25, 0.3) is 5.91 Å². The molecule has 0 aliphatic carbocycles. The summed E-state index contributed by atoms with van der Waals surface area (Å²) in [6.45, 7) is 8.07. The molecule has 2 aromatic rings. The number of carbonyl (C=O) groups excluding carboxylic acids is 5.